The van der Waals surface area contributed by atoms with E-state index >= 15 is 0 Å². The van der Waals surface area contributed by atoms with Gasteiger partial charge in [-0.05, 0) is 41.0 Å². The fourth-order valence-corrected chi connectivity index (χ4v) is 0.948. The van der Waals surface area contributed by atoms with Crippen LogP contribution in [0, 0.1) is 0 Å². The zero-order chi connectivity index (χ0) is 12.6. The van der Waals surface area contributed by atoms with E-state index in [1.54, 1.807) is 6.34 Å². The predicted molar refractivity (Wildman–Crippen MR) is 73.2 cm³/mol. The molecule has 0 saturated carbocycles. The smallest absolute Gasteiger partial charge is 0.129 e. The molecule has 1 unspecified atom stereocenters. The minimum atomic E-state index is 0.317. The average molecular weight is 222 g/mol. The van der Waals surface area contributed by atoms with Gasteiger partial charge in [0.25, 0.3) is 0 Å². The second-order valence-electron chi connectivity index (χ2n) is 3.92. The van der Waals surface area contributed by atoms with Crippen molar-refractivity contribution in [3.63, 3.8) is 0 Å². The largest absolute Gasteiger partial charge is 0.270 e. The number of amidine groups is 2. The van der Waals surface area contributed by atoms with Crippen molar-refractivity contribution in [2.24, 2.45) is 20.0 Å². The number of aliphatic imine (C=N–C) groups is 4. The van der Waals surface area contributed by atoms with E-state index < -0.39 is 0 Å². The summed E-state index contributed by atoms with van der Waals surface area (Å²) in [6.07, 6.45) is 2.59. The number of rotatable bonds is 3. The summed E-state index contributed by atoms with van der Waals surface area (Å²) in [5, 5.41) is 0. The van der Waals surface area contributed by atoms with Gasteiger partial charge in [0, 0.05) is 11.8 Å². The SMILES string of the molecule is CCC(C)\N=C/N=C(C)/N=C(/C)N=C(C)C. The quantitative estimate of drug-likeness (QED) is 0.520. The molecule has 0 aromatic rings. The highest BCUT2D eigenvalue weighted by Gasteiger charge is 1.91. The van der Waals surface area contributed by atoms with E-state index in [9.17, 15) is 0 Å². The van der Waals surface area contributed by atoms with Gasteiger partial charge in [-0.1, -0.05) is 6.92 Å². The molecule has 90 valence electrons. The van der Waals surface area contributed by atoms with Gasteiger partial charge in [-0.25, -0.2) is 15.0 Å². The Balaban J connectivity index is 4.46. The minimum absolute atomic E-state index is 0.317. The molecular weight excluding hydrogens is 200 g/mol. The first-order valence-corrected chi connectivity index (χ1v) is 5.59. The lowest BCUT2D eigenvalue weighted by molar-refractivity contribution is 0.719. The lowest BCUT2D eigenvalue weighted by atomic mass is 10.3. The standard InChI is InChI=1S/C12H22N4/c1-7-10(4)13-8-14-11(5)16-12(6)15-9(2)3/h8,10H,7H2,1-6H3/b13-8-,14-11+,16-12-. The van der Waals surface area contributed by atoms with Gasteiger partial charge in [-0.3, -0.25) is 4.99 Å². The zero-order valence-corrected chi connectivity index (χ0v) is 11.2. The van der Waals surface area contributed by atoms with Crippen molar-refractivity contribution in [1.82, 2.24) is 0 Å². The third-order valence-electron chi connectivity index (χ3n) is 1.87. The summed E-state index contributed by atoms with van der Waals surface area (Å²) < 4.78 is 0. The lowest BCUT2D eigenvalue weighted by Gasteiger charge is -1.97. The van der Waals surface area contributed by atoms with E-state index in [1.807, 2.05) is 27.7 Å². The minimum Gasteiger partial charge on any atom is -0.270 e. The molecule has 0 aliphatic carbocycles. The maximum Gasteiger partial charge on any atom is 0.129 e. The van der Waals surface area contributed by atoms with Crippen LogP contribution in [0.5, 0.6) is 0 Å². The van der Waals surface area contributed by atoms with Crippen molar-refractivity contribution in [2.75, 3.05) is 0 Å². The van der Waals surface area contributed by atoms with Crippen LogP contribution >= 0.6 is 0 Å². The van der Waals surface area contributed by atoms with Gasteiger partial charge in [0.15, 0.2) is 0 Å². The van der Waals surface area contributed by atoms with Crippen LogP contribution in [0.2, 0.25) is 0 Å². The summed E-state index contributed by atoms with van der Waals surface area (Å²) in [5.41, 5.74) is 0.988. The first kappa shape index (κ1) is 14.7. The fraction of sp³-hybridized carbons (Fsp3) is 0.667. The Labute approximate surface area is 98.3 Å². The molecule has 0 spiro atoms. The van der Waals surface area contributed by atoms with Crippen LogP contribution in [0.25, 0.3) is 0 Å². The molecule has 0 saturated heterocycles. The van der Waals surface area contributed by atoms with Gasteiger partial charge < -0.3 is 0 Å². The van der Waals surface area contributed by atoms with Crippen LogP contribution in [0.3, 0.4) is 0 Å². The maximum absolute atomic E-state index is 4.23. The van der Waals surface area contributed by atoms with Crippen LogP contribution < -0.4 is 0 Å². The molecule has 1 atom stereocenters. The molecule has 0 aromatic heterocycles. The Bertz CT molecular complexity index is 320. The van der Waals surface area contributed by atoms with Crippen LogP contribution in [-0.2, 0) is 0 Å². The van der Waals surface area contributed by atoms with Crippen molar-refractivity contribution in [2.45, 2.75) is 54.0 Å². The second-order valence-corrected chi connectivity index (χ2v) is 3.92. The Hall–Kier alpha value is -1.32. The Morgan fingerprint density at radius 2 is 1.69 bits per heavy atom. The molecule has 16 heavy (non-hydrogen) atoms. The molecule has 4 heteroatoms. The highest BCUT2D eigenvalue weighted by molar-refractivity contribution is 6.02. The molecule has 0 fully saturated rings. The van der Waals surface area contributed by atoms with Crippen LogP contribution in [-0.4, -0.2) is 29.8 Å². The molecule has 4 nitrogen and oxygen atoms in total. The highest BCUT2D eigenvalue weighted by atomic mass is 15.0. The molecule has 0 amide bonds. The van der Waals surface area contributed by atoms with Gasteiger partial charge in [0.2, 0.25) is 0 Å². The van der Waals surface area contributed by atoms with Crippen LogP contribution in [0.1, 0.15) is 48.0 Å². The third kappa shape index (κ3) is 8.03. The van der Waals surface area contributed by atoms with Crippen molar-refractivity contribution in [3.05, 3.63) is 0 Å². The van der Waals surface area contributed by atoms with E-state index in [-0.39, 0.29) is 0 Å². The highest BCUT2D eigenvalue weighted by Crippen LogP contribution is 1.93. The molecule has 0 aliphatic rings. The van der Waals surface area contributed by atoms with Crippen molar-refractivity contribution < 1.29 is 0 Å². The molecule has 0 heterocycles. The third-order valence-corrected chi connectivity index (χ3v) is 1.87. The van der Waals surface area contributed by atoms with Crippen LogP contribution in [0.4, 0.5) is 0 Å². The van der Waals surface area contributed by atoms with E-state index in [4.69, 9.17) is 0 Å². The Morgan fingerprint density at radius 1 is 1.06 bits per heavy atom. The molecule has 0 aliphatic heterocycles. The van der Waals surface area contributed by atoms with E-state index in [0.29, 0.717) is 11.9 Å². The predicted octanol–water partition coefficient (Wildman–Crippen LogP) is 3.13. The first-order valence-electron chi connectivity index (χ1n) is 5.59. The van der Waals surface area contributed by atoms with Gasteiger partial charge >= 0.3 is 0 Å². The molecule has 0 radical (unpaired) electrons. The normalized spacial score (nSPS) is 15.4. The van der Waals surface area contributed by atoms with E-state index in [0.717, 1.165) is 18.0 Å². The Kier molecular flexibility index (Phi) is 7.25. The average Bonchev–Trinajstić information content (AvgIpc) is 2.15. The molecule has 0 rings (SSSR count). The van der Waals surface area contributed by atoms with Gasteiger partial charge in [-0.15, -0.1) is 0 Å². The van der Waals surface area contributed by atoms with E-state index in [2.05, 4.69) is 33.8 Å². The molecule has 0 N–H and O–H groups in total. The van der Waals surface area contributed by atoms with Gasteiger partial charge in [-0.2, -0.15) is 0 Å². The Morgan fingerprint density at radius 3 is 2.19 bits per heavy atom. The molecule has 0 aromatic carbocycles. The number of hydrogen-bond donors (Lipinski definition) is 0. The zero-order valence-electron chi connectivity index (χ0n) is 11.2. The summed E-state index contributed by atoms with van der Waals surface area (Å²) in [6, 6.07) is 0.317. The molecular formula is C12H22N4. The summed E-state index contributed by atoms with van der Waals surface area (Å²) in [6.45, 7) is 11.7. The van der Waals surface area contributed by atoms with Crippen molar-refractivity contribution in [3.8, 4) is 0 Å². The van der Waals surface area contributed by atoms with E-state index in [1.165, 1.54) is 0 Å². The second kappa shape index (κ2) is 7.91. The maximum atomic E-state index is 4.23. The fourth-order valence-electron chi connectivity index (χ4n) is 0.948. The topological polar surface area (TPSA) is 49.4 Å². The van der Waals surface area contributed by atoms with Crippen molar-refractivity contribution in [1.29, 1.82) is 0 Å². The monoisotopic (exact) mass is 222 g/mol. The van der Waals surface area contributed by atoms with Crippen LogP contribution in [0.15, 0.2) is 20.0 Å². The first-order chi connectivity index (χ1) is 7.45. The summed E-state index contributed by atoms with van der Waals surface area (Å²) in [5.74, 6) is 1.40. The number of hydrogen-bond acceptors (Lipinski definition) is 1. The summed E-state index contributed by atoms with van der Waals surface area (Å²) >= 11 is 0. The summed E-state index contributed by atoms with van der Waals surface area (Å²) in [7, 11) is 0. The van der Waals surface area contributed by atoms with Gasteiger partial charge in [0.1, 0.15) is 18.0 Å². The van der Waals surface area contributed by atoms with Crippen molar-refractivity contribution >= 4 is 23.7 Å². The van der Waals surface area contributed by atoms with Gasteiger partial charge in [0.05, 0.1) is 0 Å². The lowest BCUT2D eigenvalue weighted by Crippen LogP contribution is -1.97. The summed E-state index contributed by atoms with van der Waals surface area (Å²) in [4.78, 5) is 16.8. The molecule has 0 bridgehead atoms. The number of nitrogens with zero attached hydrogens (tertiary/aromatic N) is 4.